The maximum Gasteiger partial charge on any atom is -0.00190 e. The SMILES string of the molecule is CCC1CCCC(C2CCN(C)CC2)CC1. The molecule has 0 bridgehead atoms. The van der Waals surface area contributed by atoms with Gasteiger partial charge in [0, 0.05) is 0 Å². The molecule has 2 atom stereocenters. The molecule has 1 aliphatic heterocycles. The predicted octanol–water partition coefficient (Wildman–Crippen LogP) is 3.93. The standard InChI is InChI=1S/C15H29N/c1-3-13-5-4-6-14(8-7-13)15-9-11-16(2)12-10-15/h13-15H,3-12H2,1-2H3. The third-order valence-corrected chi connectivity index (χ3v) is 5.14. The summed E-state index contributed by atoms with van der Waals surface area (Å²) in [5.74, 6) is 3.19. The highest BCUT2D eigenvalue weighted by molar-refractivity contribution is 4.79. The fraction of sp³-hybridized carbons (Fsp3) is 1.00. The smallest absolute Gasteiger partial charge is 0.00190 e. The topological polar surface area (TPSA) is 3.24 Å². The lowest BCUT2D eigenvalue weighted by Crippen LogP contribution is -2.33. The maximum absolute atomic E-state index is 2.50. The van der Waals surface area contributed by atoms with Gasteiger partial charge in [0.05, 0.1) is 0 Å². The first-order valence-corrected chi connectivity index (χ1v) is 7.48. The molecule has 0 spiro atoms. The van der Waals surface area contributed by atoms with Crippen molar-refractivity contribution in [3.8, 4) is 0 Å². The Hall–Kier alpha value is -0.0400. The third kappa shape index (κ3) is 3.23. The molecule has 94 valence electrons. The Bertz CT molecular complexity index is 194. The van der Waals surface area contributed by atoms with Crippen LogP contribution < -0.4 is 0 Å². The fourth-order valence-electron chi connectivity index (χ4n) is 3.79. The van der Waals surface area contributed by atoms with Crippen LogP contribution in [-0.4, -0.2) is 25.0 Å². The number of hydrogen-bond donors (Lipinski definition) is 0. The van der Waals surface area contributed by atoms with E-state index in [-0.39, 0.29) is 0 Å². The Morgan fingerprint density at radius 3 is 2.25 bits per heavy atom. The van der Waals surface area contributed by atoms with Gasteiger partial charge in [0.1, 0.15) is 0 Å². The van der Waals surface area contributed by atoms with Crippen LogP contribution in [0, 0.1) is 17.8 Å². The second kappa shape index (κ2) is 6.05. The highest BCUT2D eigenvalue weighted by Crippen LogP contribution is 2.36. The Morgan fingerprint density at radius 2 is 1.56 bits per heavy atom. The number of piperidine rings is 1. The highest BCUT2D eigenvalue weighted by atomic mass is 15.1. The summed E-state index contributed by atoms with van der Waals surface area (Å²) in [5, 5.41) is 0. The second-order valence-electron chi connectivity index (χ2n) is 6.18. The molecule has 1 nitrogen and oxygen atoms in total. The predicted molar refractivity (Wildman–Crippen MR) is 70.6 cm³/mol. The number of nitrogens with zero attached hydrogens (tertiary/aromatic N) is 1. The van der Waals surface area contributed by atoms with Crippen LogP contribution in [0.3, 0.4) is 0 Å². The van der Waals surface area contributed by atoms with Crippen LogP contribution in [0.2, 0.25) is 0 Å². The molecule has 1 heteroatoms. The van der Waals surface area contributed by atoms with E-state index in [1.165, 1.54) is 64.5 Å². The minimum atomic E-state index is 1.05. The van der Waals surface area contributed by atoms with Crippen molar-refractivity contribution in [3.63, 3.8) is 0 Å². The van der Waals surface area contributed by atoms with Gasteiger partial charge in [-0.15, -0.1) is 0 Å². The number of likely N-dealkylation sites (tertiary alicyclic amines) is 1. The van der Waals surface area contributed by atoms with Crippen LogP contribution in [0.5, 0.6) is 0 Å². The molecule has 1 saturated carbocycles. The van der Waals surface area contributed by atoms with Crippen molar-refractivity contribution >= 4 is 0 Å². The molecule has 2 fully saturated rings. The van der Waals surface area contributed by atoms with E-state index in [2.05, 4.69) is 18.9 Å². The molecule has 2 aliphatic rings. The van der Waals surface area contributed by atoms with Gasteiger partial charge in [0.2, 0.25) is 0 Å². The lowest BCUT2D eigenvalue weighted by atomic mass is 9.80. The van der Waals surface area contributed by atoms with Crippen molar-refractivity contribution in [1.82, 2.24) is 4.90 Å². The quantitative estimate of drug-likeness (QED) is 0.641. The first kappa shape index (κ1) is 12.4. The van der Waals surface area contributed by atoms with Crippen molar-refractivity contribution in [1.29, 1.82) is 0 Å². The van der Waals surface area contributed by atoms with Gasteiger partial charge < -0.3 is 4.90 Å². The van der Waals surface area contributed by atoms with E-state index in [0.29, 0.717) is 0 Å². The first-order chi connectivity index (χ1) is 7.79. The molecule has 0 aromatic rings. The molecule has 0 amide bonds. The summed E-state index contributed by atoms with van der Waals surface area (Å²) in [4.78, 5) is 2.50. The molecule has 1 saturated heterocycles. The van der Waals surface area contributed by atoms with Gasteiger partial charge >= 0.3 is 0 Å². The van der Waals surface area contributed by atoms with Crippen molar-refractivity contribution in [3.05, 3.63) is 0 Å². The Morgan fingerprint density at radius 1 is 0.875 bits per heavy atom. The zero-order valence-corrected chi connectivity index (χ0v) is 11.3. The van der Waals surface area contributed by atoms with Crippen molar-refractivity contribution in [2.45, 2.75) is 58.3 Å². The van der Waals surface area contributed by atoms with Crippen LogP contribution in [0.15, 0.2) is 0 Å². The molecule has 0 aromatic heterocycles. The van der Waals surface area contributed by atoms with Gasteiger partial charge in [-0.1, -0.05) is 39.0 Å². The Balaban J connectivity index is 1.80. The minimum absolute atomic E-state index is 1.05. The van der Waals surface area contributed by atoms with Crippen molar-refractivity contribution < 1.29 is 0 Å². The fourth-order valence-corrected chi connectivity index (χ4v) is 3.79. The number of rotatable bonds is 2. The third-order valence-electron chi connectivity index (χ3n) is 5.14. The summed E-state index contributed by atoms with van der Waals surface area (Å²) < 4.78 is 0. The van der Waals surface area contributed by atoms with Gasteiger partial charge in [0.15, 0.2) is 0 Å². The Kier molecular flexibility index (Phi) is 4.69. The molecule has 2 unspecified atom stereocenters. The molecule has 0 radical (unpaired) electrons. The summed E-state index contributed by atoms with van der Waals surface area (Å²) in [5.41, 5.74) is 0. The summed E-state index contributed by atoms with van der Waals surface area (Å²) in [6.45, 7) is 5.07. The van der Waals surface area contributed by atoms with Crippen LogP contribution in [0.25, 0.3) is 0 Å². The van der Waals surface area contributed by atoms with E-state index in [1.807, 2.05) is 0 Å². The molecular formula is C15H29N. The minimum Gasteiger partial charge on any atom is -0.306 e. The van der Waals surface area contributed by atoms with Crippen LogP contribution in [-0.2, 0) is 0 Å². The van der Waals surface area contributed by atoms with Crippen LogP contribution >= 0.6 is 0 Å². The van der Waals surface area contributed by atoms with Crippen LogP contribution in [0.4, 0.5) is 0 Å². The molecule has 0 N–H and O–H groups in total. The van der Waals surface area contributed by atoms with E-state index in [0.717, 1.165) is 17.8 Å². The Labute approximate surface area is 102 Å². The molecule has 0 aromatic carbocycles. The van der Waals surface area contributed by atoms with Crippen molar-refractivity contribution in [2.75, 3.05) is 20.1 Å². The van der Waals surface area contributed by atoms with Gasteiger partial charge in [-0.25, -0.2) is 0 Å². The van der Waals surface area contributed by atoms with E-state index in [1.54, 1.807) is 0 Å². The van der Waals surface area contributed by atoms with Gasteiger partial charge in [-0.3, -0.25) is 0 Å². The molecular weight excluding hydrogens is 194 g/mol. The van der Waals surface area contributed by atoms with E-state index in [4.69, 9.17) is 0 Å². The summed E-state index contributed by atoms with van der Waals surface area (Å²) >= 11 is 0. The molecule has 1 aliphatic carbocycles. The zero-order valence-electron chi connectivity index (χ0n) is 11.3. The highest BCUT2D eigenvalue weighted by Gasteiger charge is 2.27. The summed E-state index contributed by atoms with van der Waals surface area (Å²) in [7, 11) is 2.27. The molecule has 2 rings (SSSR count). The lowest BCUT2D eigenvalue weighted by molar-refractivity contribution is 0.159. The average molecular weight is 223 g/mol. The zero-order chi connectivity index (χ0) is 11.4. The monoisotopic (exact) mass is 223 g/mol. The van der Waals surface area contributed by atoms with Gasteiger partial charge in [0.25, 0.3) is 0 Å². The van der Waals surface area contributed by atoms with E-state index < -0.39 is 0 Å². The summed E-state index contributed by atoms with van der Waals surface area (Å²) in [6, 6.07) is 0. The van der Waals surface area contributed by atoms with E-state index in [9.17, 15) is 0 Å². The van der Waals surface area contributed by atoms with Crippen LogP contribution in [0.1, 0.15) is 58.3 Å². The first-order valence-electron chi connectivity index (χ1n) is 7.48. The van der Waals surface area contributed by atoms with Crippen molar-refractivity contribution in [2.24, 2.45) is 17.8 Å². The average Bonchev–Trinajstić information content (AvgIpc) is 2.55. The lowest BCUT2D eigenvalue weighted by Gasteiger charge is -2.34. The number of hydrogen-bond acceptors (Lipinski definition) is 1. The molecule has 1 heterocycles. The van der Waals surface area contributed by atoms with E-state index >= 15 is 0 Å². The van der Waals surface area contributed by atoms with Gasteiger partial charge in [-0.05, 0) is 57.2 Å². The molecule has 16 heavy (non-hydrogen) atoms. The maximum atomic E-state index is 2.50. The summed E-state index contributed by atoms with van der Waals surface area (Å²) in [6.07, 6.45) is 12.0. The largest absolute Gasteiger partial charge is 0.306 e. The second-order valence-corrected chi connectivity index (χ2v) is 6.18. The normalized spacial score (nSPS) is 34.9. The van der Waals surface area contributed by atoms with Gasteiger partial charge in [-0.2, -0.15) is 0 Å².